The first kappa shape index (κ1) is 17.8. The predicted molar refractivity (Wildman–Crippen MR) is 105 cm³/mol. The lowest BCUT2D eigenvalue weighted by Gasteiger charge is -2.22. The minimum Gasteiger partial charge on any atom is -0.506 e. The fourth-order valence-corrected chi connectivity index (χ4v) is 6.51. The van der Waals surface area contributed by atoms with Crippen molar-refractivity contribution in [3.63, 3.8) is 0 Å². The molecule has 2 atom stereocenters. The van der Waals surface area contributed by atoms with Crippen LogP contribution in [0.1, 0.15) is 29.4 Å². The van der Waals surface area contributed by atoms with E-state index in [9.17, 15) is 13.5 Å². The zero-order chi connectivity index (χ0) is 18.5. The molecule has 2 bridgehead atoms. The van der Waals surface area contributed by atoms with Crippen molar-refractivity contribution in [1.29, 1.82) is 0 Å². The van der Waals surface area contributed by atoms with Crippen LogP contribution in [-0.2, 0) is 10.1 Å². The van der Waals surface area contributed by atoms with Gasteiger partial charge in [0.2, 0.25) is 0 Å². The molecule has 1 N–H and O–H groups in total. The van der Waals surface area contributed by atoms with Crippen molar-refractivity contribution in [2.75, 3.05) is 12.5 Å². The summed E-state index contributed by atoms with van der Waals surface area (Å²) in [5.41, 5.74) is 1.63. The standard InChI is InChI=1S/C19H18O4S3/c1-24-18-16(20)14-11-8-9-12(10-11)15(14)17(19(18)25-2)23-26(21,22)13-6-4-3-5-7-13/h3-9,11-12,20H,10H2,1-2H3. The van der Waals surface area contributed by atoms with Gasteiger partial charge in [-0.1, -0.05) is 30.4 Å². The van der Waals surface area contributed by atoms with E-state index in [1.165, 1.54) is 35.7 Å². The second kappa shape index (κ2) is 6.55. The molecule has 0 heterocycles. The number of benzene rings is 2. The number of hydrogen-bond acceptors (Lipinski definition) is 6. The fourth-order valence-electron chi connectivity index (χ4n) is 3.78. The molecule has 0 saturated heterocycles. The first-order valence-corrected chi connectivity index (χ1v) is 12.0. The molecule has 0 amide bonds. The van der Waals surface area contributed by atoms with E-state index in [2.05, 4.69) is 12.2 Å². The summed E-state index contributed by atoms with van der Waals surface area (Å²) in [6.45, 7) is 0. The molecule has 2 aliphatic rings. The summed E-state index contributed by atoms with van der Waals surface area (Å²) < 4.78 is 31.4. The third kappa shape index (κ3) is 2.64. The Hall–Kier alpha value is -1.57. The van der Waals surface area contributed by atoms with Gasteiger partial charge in [0.1, 0.15) is 10.6 Å². The summed E-state index contributed by atoms with van der Waals surface area (Å²) in [4.78, 5) is 1.47. The normalized spacial score (nSPS) is 20.4. The van der Waals surface area contributed by atoms with Gasteiger partial charge in [0.15, 0.2) is 5.75 Å². The van der Waals surface area contributed by atoms with E-state index >= 15 is 0 Å². The van der Waals surface area contributed by atoms with Gasteiger partial charge in [0.25, 0.3) is 0 Å². The van der Waals surface area contributed by atoms with Crippen molar-refractivity contribution >= 4 is 33.6 Å². The highest BCUT2D eigenvalue weighted by Gasteiger charge is 2.41. The lowest BCUT2D eigenvalue weighted by atomic mass is 9.95. The van der Waals surface area contributed by atoms with Crippen LogP contribution >= 0.6 is 23.5 Å². The van der Waals surface area contributed by atoms with Gasteiger partial charge in [-0.2, -0.15) is 8.42 Å². The lowest BCUT2D eigenvalue weighted by Crippen LogP contribution is -2.13. The van der Waals surface area contributed by atoms with Gasteiger partial charge in [-0.15, -0.1) is 23.5 Å². The van der Waals surface area contributed by atoms with Crippen molar-refractivity contribution < 1.29 is 17.7 Å². The van der Waals surface area contributed by atoms with Crippen LogP contribution in [0.3, 0.4) is 0 Å². The Labute approximate surface area is 161 Å². The predicted octanol–water partition coefficient (Wildman–Crippen LogP) is 4.74. The average Bonchev–Trinajstić information content (AvgIpc) is 3.26. The minimum atomic E-state index is -3.95. The Bertz CT molecular complexity index is 997. The van der Waals surface area contributed by atoms with E-state index in [0.29, 0.717) is 15.5 Å². The minimum absolute atomic E-state index is 0.0867. The highest BCUT2D eigenvalue weighted by molar-refractivity contribution is 8.01. The van der Waals surface area contributed by atoms with E-state index in [1.54, 1.807) is 18.2 Å². The Morgan fingerprint density at radius 3 is 2.23 bits per heavy atom. The third-order valence-electron chi connectivity index (χ3n) is 4.88. The van der Waals surface area contributed by atoms with Crippen LogP contribution in [0.25, 0.3) is 0 Å². The number of phenols is 1. The SMILES string of the molecule is CSc1c(O)c2c(c(OS(=O)(=O)c3ccccc3)c1SC)C1C=CC2C1. The zero-order valence-corrected chi connectivity index (χ0v) is 16.7. The number of hydrogen-bond donors (Lipinski definition) is 1. The highest BCUT2D eigenvalue weighted by atomic mass is 32.2. The molecule has 2 unspecified atom stereocenters. The van der Waals surface area contributed by atoms with Gasteiger partial charge in [-0.3, -0.25) is 0 Å². The molecule has 2 aromatic rings. The van der Waals surface area contributed by atoms with E-state index < -0.39 is 10.1 Å². The van der Waals surface area contributed by atoms with Crippen LogP contribution in [-0.4, -0.2) is 26.0 Å². The Kier molecular flexibility index (Phi) is 4.49. The van der Waals surface area contributed by atoms with Crippen LogP contribution in [0.5, 0.6) is 11.5 Å². The fraction of sp³-hybridized carbons (Fsp3) is 0.263. The molecule has 0 aromatic heterocycles. The second-order valence-corrected chi connectivity index (χ2v) is 9.43. The van der Waals surface area contributed by atoms with Crippen LogP contribution in [0.2, 0.25) is 0 Å². The molecule has 7 heteroatoms. The maximum atomic E-state index is 12.8. The number of rotatable bonds is 5. The summed E-state index contributed by atoms with van der Waals surface area (Å²) in [5.74, 6) is 0.843. The van der Waals surface area contributed by atoms with Crippen LogP contribution in [0, 0.1) is 0 Å². The molecule has 0 aliphatic heterocycles. The average molecular weight is 407 g/mol. The number of aromatic hydroxyl groups is 1. The van der Waals surface area contributed by atoms with E-state index in [4.69, 9.17) is 4.18 Å². The summed E-state index contributed by atoms with van der Waals surface area (Å²) in [5, 5.41) is 10.8. The summed E-state index contributed by atoms with van der Waals surface area (Å²) in [6.07, 6.45) is 8.77. The summed E-state index contributed by atoms with van der Waals surface area (Å²) in [6, 6.07) is 8.16. The van der Waals surface area contributed by atoms with Gasteiger partial charge in [0, 0.05) is 23.0 Å². The molecule has 136 valence electrons. The molecule has 4 nitrogen and oxygen atoms in total. The molecule has 2 aromatic carbocycles. The Morgan fingerprint density at radius 1 is 1.00 bits per heavy atom. The van der Waals surface area contributed by atoms with Gasteiger partial charge in [0.05, 0.1) is 9.79 Å². The molecular weight excluding hydrogens is 388 g/mol. The number of phenolic OH excluding ortho intramolecular Hbond substituents is 1. The van der Waals surface area contributed by atoms with Gasteiger partial charge in [-0.25, -0.2) is 0 Å². The van der Waals surface area contributed by atoms with Crippen molar-refractivity contribution in [2.45, 2.75) is 32.9 Å². The van der Waals surface area contributed by atoms with Crippen molar-refractivity contribution in [2.24, 2.45) is 0 Å². The summed E-state index contributed by atoms with van der Waals surface area (Å²) >= 11 is 2.80. The smallest absolute Gasteiger partial charge is 0.339 e. The number of thioether (sulfide) groups is 2. The van der Waals surface area contributed by atoms with Crippen LogP contribution in [0.15, 0.2) is 57.2 Å². The first-order chi connectivity index (χ1) is 12.5. The van der Waals surface area contributed by atoms with E-state index in [1.807, 2.05) is 12.5 Å². The molecule has 2 aliphatic carbocycles. The van der Waals surface area contributed by atoms with E-state index in [0.717, 1.165) is 17.5 Å². The van der Waals surface area contributed by atoms with Crippen molar-refractivity contribution in [3.8, 4) is 11.5 Å². The van der Waals surface area contributed by atoms with Crippen LogP contribution < -0.4 is 4.18 Å². The third-order valence-corrected chi connectivity index (χ3v) is 7.84. The molecular formula is C19H18O4S3. The number of fused-ring (bicyclic) bond motifs is 5. The molecule has 0 radical (unpaired) electrons. The van der Waals surface area contributed by atoms with Crippen molar-refractivity contribution in [3.05, 3.63) is 53.6 Å². The highest BCUT2D eigenvalue weighted by Crippen LogP contribution is 2.60. The van der Waals surface area contributed by atoms with Crippen molar-refractivity contribution in [1.82, 2.24) is 0 Å². The second-order valence-electron chi connectivity index (χ2n) is 6.26. The molecule has 4 rings (SSSR count). The lowest BCUT2D eigenvalue weighted by molar-refractivity contribution is 0.440. The first-order valence-electron chi connectivity index (χ1n) is 8.16. The van der Waals surface area contributed by atoms with Gasteiger partial charge < -0.3 is 9.29 Å². The maximum Gasteiger partial charge on any atom is 0.339 e. The molecule has 26 heavy (non-hydrogen) atoms. The van der Waals surface area contributed by atoms with Crippen LogP contribution in [0.4, 0.5) is 0 Å². The summed E-state index contributed by atoms with van der Waals surface area (Å²) in [7, 11) is -3.95. The largest absolute Gasteiger partial charge is 0.506 e. The zero-order valence-electron chi connectivity index (χ0n) is 14.3. The number of allylic oxidation sites excluding steroid dienone is 2. The Morgan fingerprint density at radius 2 is 1.62 bits per heavy atom. The molecule has 0 spiro atoms. The topological polar surface area (TPSA) is 63.6 Å². The van der Waals surface area contributed by atoms with Gasteiger partial charge in [-0.05, 0) is 31.1 Å². The monoisotopic (exact) mass is 406 g/mol. The molecule has 0 fully saturated rings. The van der Waals surface area contributed by atoms with Gasteiger partial charge >= 0.3 is 10.1 Å². The van der Waals surface area contributed by atoms with E-state index in [-0.39, 0.29) is 22.5 Å². The Balaban J connectivity index is 1.92. The maximum absolute atomic E-state index is 12.8. The molecule has 0 saturated carbocycles. The quantitative estimate of drug-likeness (QED) is 0.439.